The summed E-state index contributed by atoms with van der Waals surface area (Å²) in [5.41, 5.74) is 6.68. The van der Waals surface area contributed by atoms with E-state index in [0.717, 1.165) is 43.2 Å². The van der Waals surface area contributed by atoms with E-state index in [-0.39, 0.29) is 11.5 Å². The van der Waals surface area contributed by atoms with Crippen molar-refractivity contribution in [2.45, 2.75) is 64.4 Å². The molecular weight excluding hydrogens is 318 g/mol. The Kier molecular flexibility index (Phi) is 4.16. The van der Waals surface area contributed by atoms with E-state index >= 15 is 0 Å². The van der Waals surface area contributed by atoms with Gasteiger partial charge in [-0.15, -0.1) is 5.92 Å². The third-order valence-electron chi connectivity index (χ3n) is 6.89. The second kappa shape index (κ2) is 6.25. The lowest BCUT2D eigenvalue weighted by Gasteiger charge is -2.46. The van der Waals surface area contributed by atoms with E-state index in [1.54, 1.807) is 0 Å². The largest absolute Gasteiger partial charge is 0.393 e. The Morgan fingerprint density at radius 2 is 1.85 bits per heavy atom. The second-order valence-corrected chi connectivity index (χ2v) is 8.52. The number of pyridine rings is 1. The van der Waals surface area contributed by atoms with E-state index in [1.165, 1.54) is 16.7 Å². The predicted octanol–water partition coefficient (Wildman–Crippen LogP) is 4.88. The summed E-state index contributed by atoms with van der Waals surface area (Å²) in [5, 5.41) is 9.98. The molecule has 0 atom stereocenters. The van der Waals surface area contributed by atoms with E-state index in [0.29, 0.717) is 5.41 Å². The Morgan fingerprint density at radius 3 is 2.58 bits per heavy atom. The zero-order valence-electron chi connectivity index (χ0n) is 16.0. The molecule has 2 aliphatic carbocycles. The summed E-state index contributed by atoms with van der Waals surface area (Å²) in [4.78, 5) is 4.37. The smallest absolute Gasteiger partial charge is 0.0540 e. The molecule has 0 aliphatic heterocycles. The van der Waals surface area contributed by atoms with Crippen LogP contribution in [0, 0.1) is 17.3 Å². The Bertz CT molecular complexity index is 892. The van der Waals surface area contributed by atoms with E-state index in [9.17, 15) is 5.11 Å². The van der Waals surface area contributed by atoms with Crippen LogP contribution in [-0.4, -0.2) is 16.2 Å². The van der Waals surface area contributed by atoms with Gasteiger partial charge in [0.15, 0.2) is 0 Å². The molecule has 1 aromatic heterocycles. The minimum absolute atomic E-state index is 0.107. The molecule has 2 heteroatoms. The van der Waals surface area contributed by atoms with Gasteiger partial charge in [0.2, 0.25) is 0 Å². The molecule has 1 saturated carbocycles. The molecular formula is C24H27NO. The summed E-state index contributed by atoms with van der Waals surface area (Å²) in [6, 6.07) is 9.03. The van der Waals surface area contributed by atoms with Gasteiger partial charge in [-0.2, -0.15) is 0 Å². The topological polar surface area (TPSA) is 33.1 Å². The summed E-state index contributed by atoms with van der Waals surface area (Å²) >= 11 is 0. The third kappa shape index (κ3) is 2.66. The number of aliphatic hydroxyl groups excluding tert-OH is 1. The zero-order chi connectivity index (χ0) is 18.4. The van der Waals surface area contributed by atoms with Gasteiger partial charge in [0, 0.05) is 23.5 Å². The average Bonchev–Trinajstić information content (AvgIpc) is 2.85. The van der Waals surface area contributed by atoms with Crippen molar-refractivity contribution in [3.8, 4) is 23.0 Å². The Balaban J connectivity index is 1.73. The standard InChI is InChI=1S/C24H27NO/c1-4-5-17-12-20(16-25-15-17)18-6-7-19-14-24(10-8-21(26)9-11-24)23(2,3)22(19)13-18/h6-7,12-13,15-16,21,26H,8-11,14H2,1-3H3. The minimum Gasteiger partial charge on any atom is -0.393 e. The highest BCUT2D eigenvalue weighted by molar-refractivity contribution is 5.67. The van der Waals surface area contributed by atoms with E-state index in [2.05, 4.69) is 54.9 Å². The highest BCUT2D eigenvalue weighted by atomic mass is 16.3. The van der Waals surface area contributed by atoms with Crippen molar-refractivity contribution in [3.05, 3.63) is 53.3 Å². The summed E-state index contributed by atoms with van der Waals surface area (Å²) in [5.74, 6) is 6.05. The molecule has 2 nitrogen and oxygen atoms in total. The van der Waals surface area contributed by atoms with Crippen molar-refractivity contribution >= 4 is 0 Å². The lowest BCUT2D eigenvalue weighted by atomic mass is 9.59. The number of fused-ring (bicyclic) bond motifs is 1. The molecule has 4 rings (SSSR count). The van der Waals surface area contributed by atoms with Crippen LogP contribution in [0.5, 0.6) is 0 Å². The molecule has 26 heavy (non-hydrogen) atoms. The van der Waals surface area contributed by atoms with Crippen LogP contribution in [-0.2, 0) is 11.8 Å². The van der Waals surface area contributed by atoms with Crippen LogP contribution in [0.4, 0.5) is 0 Å². The fraction of sp³-hybridized carbons (Fsp3) is 0.458. The number of nitrogens with zero attached hydrogens (tertiary/aromatic N) is 1. The van der Waals surface area contributed by atoms with Crippen molar-refractivity contribution in [1.82, 2.24) is 4.98 Å². The molecule has 1 spiro atoms. The van der Waals surface area contributed by atoms with Crippen LogP contribution >= 0.6 is 0 Å². The summed E-state index contributed by atoms with van der Waals surface area (Å²) in [6.07, 6.45) is 8.89. The molecule has 134 valence electrons. The van der Waals surface area contributed by atoms with Crippen molar-refractivity contribution < 1.29 is 5.11 Å². The van der Waals surface area contributed by atoms with Crippen molar-refractivity contribution in [2.24, 2.45) is 5.41 Å². The van der Waals surface area contributed by atoms with E-state index in [4.69, 9.17) is 0 Å². The first-order chi connectivity index (χ1) is 12.4. The fourth-order valence-electron chi connectivity index (χ4n) is 5.13. The van der Waals surface area contributed by atoms with Gasteiger partial charge >= 0.3 is 0 Å². The Morgan fingerprint density at radius 1 is 1.08 bits per heavy atom. The van der Waals surface area contributed by atoms with E-state index in [1.807, 2.05) is 19.3 Å². The molecule has 0 bridgehead atoms. The lowest BCUT2D eigenvalue weighted by molar-refractivity contribution is 0.0289. The van der Waals surface area contributed by atoms with Gasteiger partial charge in [0.05, 0.1) is 6.10 Å². The van der Waals surface area contributed by atoms with Crippen molar-refractivity contribution in [2.75, 3.05) is 0 Å². The minimum atomic E-state index is -0.107. The zero-order valence-corrected chi connectivity index (χ0v) is 16.0. The number of aliphatic hydroxyl groups is 1. The molecule has 0 saturated heterocycles. The van der Waals surface area contributed by atoms with Gasteiger partial charge in [-0.3, -0.25) is 4.98 Å². The number of benzene rings is 1. The van der Waals surface area contributed by atoms with Crippen LogP contribution in [0.3, 0.4) is 0 Å². The highest BCUT2D eigenvalue weighted by Gasteiger charge is 2.52. The molecule has 1 N–H and O–H groups in total. The normalized spacial score (nSPS) is 26.2. The van der Waals surface area contributed by atoms with Crippen LogP contribution in [0.1, 0.15) is 63.1 Å². The number of aromatic nitrogens is 1. The first kappa shape index (κ1) is 17.3. The average molecular weight is 345 g/mol. The molecule has 2 aliphatic rings. The first-order valence-electron chi connectivity index (χ1n) is 9.65. The second-order valence-electron chi connectivity index (χ2n) is 8.52. The predicted molar refractivity (Wildman–Crippen MR) is 106 cm³/mol. The van der Waals surface area contributed by atoms with Crippen LogP contribution in [0.15, 0.2) is 36.7 Å². The van der Waals surface area contributed by atoms with Gasteiger partial charge in [0.25, 0.3) is 0 Å². The maximum atomic E-state index is 9.98. The van der Waals surface area contributed by atoms with E-state index < -0.39 is 0 Å². The molecule has 0 amide bonds. The summed E-state index contributed by atoms with van der Waals surface area (Å²) in [7, 11) is 0. The number of hydrogen-bond donors (Lipinski definition) is 1. The van der Waals surface area contributed by atoms with Gasteiger partial charge in [-0.1, -0.05) is 38.0 Å². The van der Waals surface area contributed by atoms with Crippen LogP contribution < -0.4 is 0 Å². The number of rotatable bonds is 1. The van der Waals surface area contributed by atoms with Crippen molar-refractivity contribution in [1.29, 1.82) is 0 Å². The van der Waals surface area contributed by atoms with Gasteiger partial charge in [-0.25, -0.2) is 0 Å². The number of hydrogen-bond acceptors (Lipinski definition) is 2. The van der Waals surface area contributed by atoms with Gasteiger partial charge < -0.3 is 5.11 Å². The Hall–Kier alpha value is -2.11. The Labute approximate surface area is 156 Å². The first-order valence-corrected chi connectivity index (χ1v) is 9.65. The molecule has 0 unspecified atom stereocenters. The quantitative estimate of drug-likeness (QED) is 0.748. The van der Waals surface area contributed by atoms with Crippen molar-refractivity contribution in [3.63, 3.8) is 0 Å². The molecule has 0 radical (unpaired) electrons. The highest BCUT2D eigenvalue weighted by Crippen LogP contribution is 2.58. The molecule has 1 fully saturated rings. The lowest BCUT2D eigenvalue weighted by Crippen LogP contribution is -2.42. The monoisotopic (exact) mass is 345 g/mol. The summed E-state index contributed by atoms with van der Waals surface area (Å²) in [6.45, 7) is 6.65. The van der Waals surface area contributed by atoms with Gasteiger partial charge in [0.1, 0.15) is 0 Å². The van der Waals surface area contributed by atoms with Crippen LogP contribution in [0.25, 0.3) is 11.1 Å². The maximum absolute atomic E-state index is 9.98. The summed E-state index contributed by atoms with van der Waals surface area (Å²) < 4.78 is 0. The third-order valence-corrected chi connectivity index (χ3v) is 6.89. The maximum Gasteiger partial charge on any atom is 0.0540 e. The SMILES string of the molecule is CC#Cc1cncc(-c2ccc3c(c2)C(C)(C)C2(CCC(O)CC2)C3)c1. The van der Waals surface area contributed by atoms with Gasteiger partial charge in [-0.05, 0) is 72.6 Å². The fourth-order valence-corrected chi connectivity index (χ4v) is 5.13. The van der Waals surface area contributed by atoms with Crippen LogP contribution in [0.2, 0.25) is 0 Å². The molecule has 1 aromatic carbocycles. The molecule has 1 heterocycles. The molecule has 2 aromatic rings.